The molecule has 0 aromatic rings. The van der Waals surface area contributed by atoms with Crippen LogP contribution < -0.4 is 0 Å². The highest BCUT2D eigenvalue weighted by Gasteiger charge is 2.50. The molecule has 0 radical (unpaired) electrons. The molecule has 1 aliphatic rings. The molecule has 8 nitrogen and oxygen atoms in total. The van der Waals surface area contributed by atoms with Crippen molar-refractivity contribution in [3.63, 3.8) is 0 Å². The molecule has 0 spiro atoms. The van der Waals surface area contributed by atoms with Crippen molar-refractivity contribution in [1.29, 1.82) is 0 Å². The van der Waals surface area contributed by atoms with Gasteiger partial charge in [-0.1, -0.05) is 0 Å². The van der Waals surface area contributed by atoms with Gasteiger partial charge in [-0.25, -0.2) is 0 Å². The summed E-state index contributed by atoms with van der Waals surface area (Å²) in [4.78, 5) is 8.45. The lowest BCUT2D eigenvalue weighted by atomic mass is 9.85. The van der Waals surface area contributed by atoms with E-state index in [0.717, 1.165) is 0 Å². The van der Waals surface area contributed by atoms with E-state index in [0.29, 0.717) is 0 Å². The standard InChI is InChI=1S/C6H12O8Si/c7-1-2(8)4(10)6(14-15(12)13)5(11)3(1)9/h1-12H/t1?,2-,3+,4-,5-,6?/m0/s1. The Morgan fingerprint density at radius 2 is 1.13 bits per heavy atom. The van der Waals surface area contributed by atoms with Crippen molar-refractivity contribution >= 4 is 9.17 Å². The Hall–Kier alpha value is -0.583. The summed E-state index contributed by atoms with van der Waals surface area (Å²) < 4.78 is 14.6. The van der Waals surface area contributed by atoms with E-state index in [4.69, 9.17) is 9.90 Å². The summed E-state index contributed by atoms with van der Waals surface area (Å²) in [7, 11) is -3.44. The van der Waals surface area contributed by atoms with E-state index in [-0.39, 0.29) is 0 Å². The Morgan fingerprint density at radius 3 is 1.47 bits per heavy atom. The predicted molar refractivity (Wildman–Crippen MR) is 43.6 cm³/mol. The van der Waals surface area contributed by atoms with E-state index < -0.39 is 45.8 Å². The maximum absolute atomic E-state index is 10.4. The number of hydrogen-bond donors (Lipinski definition) is 6. The predicted octanol–water partition coefficient (Wildman–Crippen LogP) is -4.40. The first-order valence-corrected chi connectivity index (χ1v) is 5.42. The number of hydrogen-bond acceptors (Lipinski definition) is 7. The lowest BCUT2D eigenvalue weighted by molar-refractivity contribution is -0.220. The molecule has 0 aromatic heterocycles. The van der Waals surface area contributed by atoms with Crippen molar-refractivity contribution in [3.8, 4) is 0 Å². The summed E-state index contributed by atoms with van der Waals surface area (Å²) in [5, 5.41) is 46.1. The van der Waals surface area contributed by atoms with Gasteiger partial charge >= 0.3 is 9.17 Å². The summed E-state index contributed by atoms with van der Waals surface area (Å²) in [6, 6.07) is 0. The van der Waals surface area contributed by atoms with Crippen molar-refractivity contribution in [3.05, 3.63) is 0 Å². The van der Waals surface area contributed by atoms with E-state index in [1.54, 1.807) is 0 Å². The average molecular weight is 240 g/mol. The molecule has 6 N–H and O–H groups in total. The normalized spacial score (nSPS) is 46.2. The minimum absolute atomic E-state index is 1.62. The van der Waals surface area contributed by atoms with Crippen LogP contribution in [0.3, 0.4) is 0 Å². The molecule has 0 saturated heterocycles. The molecule has 0 aliphatic heterocycles. The second kappa shape index (κ2) is 4.51. The summed E-state index contributed by atoms with van der Waals surface area (Å²) in [6.07, 6.45) is -10.4. The molecular weight excluding hydrogens is 228 g/mol. The fourth-order valence-electron chi connectivity index (χ4n) is 1.45. The van der Waals surface area contributed by atoms with Gasteiger partial charge in [-0.05, 0) is 0 Å². The molecule has 1 aliphatic carbocycles. The van der Waals surface area contributed by atoms with Crippen LogP contribution in [0.5, 0.6) is 0 Å². The smallest absolute Gasteiger partial charge is 0.511 e. The van der Waals surface area contributed by atoms with Gasteiger partial charge in [-0.15, -0.1) is 0 Å². The van der Waals surface area contributed by atoms with Gasteiger partial charge in [0.2, 0.25) is 0 Å². The van der Waals surface area contributed by atoms with Crippen molar-refractivity contribution in [2.24, 2.45) is 0 Å². The van der Waals surface area contributed by atoms with E-state index in [1.807, 2.05) is 0 Å². The highest BCUT2D eigenvalue weighted by atomic mass is 28.3. The van der Waals surface area contributed by atoms with Crippen LogP contribution in [0, 0.1) is 0 Å². The van der Waals surface area contributed by atoms with Crippen molar-refractivity contribution in [2.45, 2.75) is 36.6 Å². The Bertz CT molecular complexity index is 231. The molecule has 1 fully saturated rings. The second-order valence-corrected chi connectivity index (χ2v) is 4.07. The third-order valence-corrected chi connectivity index (χ3v) is 2.78. The van der Waals surface area contributed by atoms with Crippen LogP contribution in [0.1, 0.15) is 0 Å². The fourth-order valence-corrected chi connectivity index (χ4v) is 1.96. The number of aliphatic hydroxyl groups is 5. The Balaban J connectivity index is 2.81. The van der Waals surface area contributed by atoms with E-state index in [1.165, 1.54) is 0 Å². The monoisotopic (exact) mass is 240 g/mol. The largest absolute Gasteiger partial charge is 0.765 e. The summed E-state index contributed by atoms with van der Waals surface area (Å²) in [5.74, 6) is 0. The van der Waals surface area contributed by atoms with Crippen LogP contribution >= 0.6 is 0 Å². The second-order valence-electron chi connectivity index (χ2n) is 3.30. The van der Waals surface area contributed by atoms with Gasteiger partial charge in [0.1, 0.15) is 36.6 Å². The molecule has 2 unspecified atom stereocenters. The summed E-state index contributed by atoms with van der Waals surface area (Å²) >= 11 is 0. The van der Waals surface area contributed by atoms with E-state index in [9.17, 15) is 24.9 Å². The van der Waals surface area contributed by atoms with E-state index >= 15 is 0 Å². The minimum atomic E-state index is -3.44. The third-order valence-electron chi connectivity index (χ3n) is 2.31. The Morgan fingerprint density at radius 1 is 0.800 bits per heavy atom. The Kier molecular flexibility index (Phi) is 3.75. The van der Waals surface area contributed by atoms with Gasteiger partial charge in [0.25, 0.3) is 0 Å². The van der Waals surface area contributed by atoms with Crippen LogP contribution in [-0.2, 0) is 8.89 Å². The maximum atomic E-state index is 10.4. The molecule has 0 amide bonds. The molecule has 15 heavy (non-hydrogen) atoms. The molecule has 0 aromatic carbocycles. The zero-order valence-electron chi connectivity index (χ0n) is 7.46. The Labute approximate surface area is 85.9 Å². The molecule has 6 atom stereocenters. The quantitative estimate of drug-likeness (QED) is 0.265. The van der Waals surface area contributed by atoms with Crippen molar-refractivity contribution < 1.29 is 39.2 Å². The van der Waals surface area contributed by atoms with Crippen LogP contribution in [0.4, 0.5) is 0 Å². The average Bonchev–Trinajstić information content (AvgIpc) is 2.18. The summed E-state index contributed by atoms with van der Waals surface area (Å²) in [5.41, 5.74) is 0. The fraction of sp³-hybridized carbons (Fsp3) is 1.00. The highest BCUT2D eigenvalue weighted by Crippen LogP contribution is 2.23. The lowest BCUT2D eigenvalue weighted by Crippen LogP contribution is -2.64. The lowest BCUT2D eigenvalue weighted by Gasteiger charge is -2.40. The zero-order chi connectivity index (χ0) is 11.7. The molecule has 0 bridgehead atoms. The van der Waals surface area contributed by atoms with Crippen LogP contribution in [-0.4, -0.2) is 76.1 Å². The van der Waals surface area contributed by atoms with Crippen molar-refractivity contribution in [1.82, 2.24) is 0 Å². The molecule has 88 valence electrons. The van der Waals surface area contributed by atoms with Crippen LogP contribution in [0.25, 0.3) is 0 Å². The van der Waals surface area contributed by atoms with Gasteiger partial charge in [0.15, 0.2) is 0 Å². The minimum Gasteiger partial charge on any atom is -0.511 e. The third kappa shape index (κ3) is 2.33. The zero-order valence-corrected chi connectivity index (χ0v) is 8.46. The first kappa shape index (κ1) is 12.5. The molecular formula is C6H12O8Si. The molecule has 1 rings (SSSR count). The number of aliphatic hydroxyl groups excluding tert-OH is 5. The van der Waals surface area contributed by atoms with Crippen LogP contribution in [0.2, 0.25) is 0 Å². The molecule has 0 heterocycles. The topological polar surface area (TPSA) is 148 Å². The number of rotatable bonds is 2. The van der Waals surface area contributed by atoms with Gasteiger partial charge in [-0.3, -0.25) is 4.46 Å². The van der Waals surface area contributed by atoms with Crippen molar-refractivity contribution in [2.75, 3.05) is 0 Å². The first-order valence-electron chi connectivity index (χ1n) is 4.16. The molecule has 1 saturated carbocycles. The van der Waals surface area contributed by atoms with Gasteiger partial charge in [0, 0.05) is 0 Å². The molecule has 9 heteroatoms. The van der Waals surface area contributed by atoms with Crippen LogP contribution in [0.15, 0.2) is 0 Å². The van der Waals surface area contributed by atoms with Gasteiger partial charge in [-0.2, -0.15) is 0 Å². The summed E-state index contributed by atoms with van der Waals surface area (Å²) in [6.45, 7) is 0. The van der Waals surface area contributed by atoms with E-state index in [2.05, 4.69) is 4.43 Å². The highest BCUT2D eigenvalue weighted by molar-refractivity contribution is 6.24. The first-order chi connectivity index (χ1) is 6.86. The SMILES string of the molecule is O=[Si](O)OC1[C@@H](O)[C@H](O)C(O)[C@H](O)[C@@H]1O. The van der Waals surface area contributed by atoms with Gasteiger partial charge in [0.05, 0.1) is 0 Å². The maximum Gasteiger partial charge on any atom is 0.765 e. The van der Waals surface area contributed by atoms with Gasteiger partial charge < -0.3 is 34.8 Å².